The van der Waals surface area contributed by atoms with Crippen molar-refractivity contribution < 1.29 is 23.9 Å². The predicted octanol–water partition coefficient (Wildman–Crippen LogP) is 1.36. The molecule has 8 nitrogen and oxygen atoms in total. The van der Waals surface area contributed by atoms with Gasteiger partial charge in [-0.1, -0.05) is 12.1 Å². The molecule has 2 heterocycles. The summed E-state index contributed by atoms with van der Waals surface area (Å²) in [6, 6.07) is 6.54. The van der Waals surface area contributed by atoms with Crippen LogP contribution >= 0.6 is 0 Å². The van der Waals surface area contributed by atoms with Gasteiger partial charge in [-0.2, -0.15) is 0 Å². The Hall–Kier alpha value is -2.90. The summed E-state index contributed by atoms with van der Waals surface area (Å²) in [4.78, 5) is 53.5. The molecule has 0 unspecified atom stereocenters. The Balaban J connectivity index is 1.56. The number of benzene rings is 1. The van der Waals surface area contributed by atoms with Crippen LogP contribution in [-0.2, 0) is 9.53 Å². The summed E-state index contributed by atoms with van der Waals surface area (Å²) in [6.45, 7) is 6.47. The van der Waals surface area contributed by atoms with Gasteiger partial charge in [0.2, 0.25) is 5.91 Å². The molecule has 0 aliphatic carbocycles. The normalized spacial score (nSPS) is 17.2. The van der Waals surface area contributed by atoms with E-state index in [1.54, 1.807) is 54.8 Å². The molecule has 1 fully saturated rings. The maximum Gasteiger partial charge on any atom is 0.410 e. The second-order valence-electron chi connectivity index (χ2n) is 7.59. The summed E-state index contributed by atoms with van der Waals surface area (Å²) in [6.07, 6.45) is -0.407. The SMILES string of the molecule is CC(C)(C)OC(=O)N1CCN(C(=O)CN2C(=O)c3ccccc3C2=O)CC1. The van der Waals surface area contributed by atoms with Gasteiger partial charge in [0.25, 0.3) is 11.8 Å². The molecule has 27 heavy (non-hydrogen) atoms. The van der Waals surface area contributed by atoms with Gasteiger partial charge in [-0.05, 0) is 32.9 Å². The lowest BCUT2D eigenvalue weighted by Gasteiger charge is -2.36. The minimum atomic E-state index is -0.574. The van der Waals surface area contributed by atoms with Gasteiger partial charge in [0, 0.05) is 26.2 Å². The predicted molar refractivity (Wildman–Crippen MR) is 96.2 cm³/mol. The molecule has 2 aliphatic rings. The summed E-state index contributed by atoms with van der Waals surface area (Å²) in [5, 5.41) is 0. The van der Waals surface area contributed by atoms with E-state index in [0.29, 0.717) is 37.3 Å². The fourth-order valence-corrected chi connectivity index (χ4v) is 3.08. The highest BCUT2D eigenvalue weighted by Crippen LogP contribution is 2.22. The standard InChI is InChI=1S/C19H23N3O5/c1-19(2,3)27-18(26)21-10-8-20(9-11-21)15(23)12-22-16(24)13-6-4-5-7-14(13)17(22)25/h4-7H,8-12H2,1-3H3. The van der Waals surface area contributed by atoms with Crippen LogP contribution in [0.15, 0.2) is 24.3 Å². The largest absolute Gasteiger partial charge is 0.444 e. The zero-order valence-electron chi connectivity index (χ0n) is 15.7. The van der Waals surface area contributed by atoms with Crippen molar-refractivity contribution in [1.29, 1.82) is 0 Å². The number of amides is 4. The van der Waals surface area contributed by atoms with E-state index in [4.69, 9.17) is 4.74 Å². The van der Waals surface area contributed by atoms with E-state index in [1.165, 1.54) is 0 Å². The first kappa shape index (κ1) is 18.9. The number of piperazine rings is 1. The molecule has 0 radical (unpaired) electrons. The lowest BCUT2D eigenvalue weighted by molar-refractivity contribution is -0.133. The number of carbonyl (C=O) groups excluding carboxylic acids is 4. The highest BCUT2D eigenvalue weighted by molar-refractivity contribution is 6.22. The first-order valence-corrected chi connectivity index (χ1v) is 8.88. The maximum atomic E-state index is 12.5. The Morgan fingerprint density at radius 2 is 1.41 bits per heavy atom. The Bertz CT molecular complexity index is 756. The van der Waals surface area contributed by atoms with Gasteiger partial charge in [-0.25, -0.2) is 4.79 Å². The van der Waals surface area contributed by atoms with Crippen LogP contribution in [0.3, 0.4) is 0 Å². The number of ether oxygens (including phenoxy) is 1. The van der Waals surface area contributed by atoms with Crippen LogP contribution in [0.5, 0.6) is 0 Å². The van der Waals surface area contributed by atoms with Crippen LogP contribution in [0, 0.1) is 0 Å². The number of imide groups is 1. The van der Waals surface area contributed by atoms with E-state index >= 15 is 0 Å². The second kappa shape index (κ2) is 7.02. The molecule has 0 saturated carbocycles. The molecular formula is C19H23N3O5. The Kier molecular flexibility index (Phi) is 4.91. The first-order valence-electron chi connectivity index (χ1n) is 8.88. The highest BCUT2D eigenvalue weighted by Gasteiger charge is 2.37. The van der Waals surface area contributed by atoms with E-state index in [2.05, 4.69) is 0 Å². The summed E-state index contributed by atoms with van der Waals surface area (Å²) in [5.41, 5.74) is 0.0743. The van der Waals surface area contributed by atoms with Crippen molar-refractivity contribution in [3.8, 4) is 0 Å². The van der Waals surface area contributed by atoms with Crippen molar-refractivity contribution in [2.24, 2.45) is 0 Å². The third-order valence-electron chi connectivity index (χ3n) is 4.46. The van der Waals surface area contributed by atoms with Gasteiger partial charge >= 0.3 is 6.09 Å². The molecule has 1 saturated heterocycles. The van der Waals surface area contributed by atoms with E-state index in [1.807, 2.05) is 0 Å². The number of fused-ring (bicyclic) bond motifs is 1. The lowest BCUT2D eigenvalue weighted by Crippen LogP contribution is -2.53. The number of hydrogen-bond acceptors (Lipinski definition) is 5. The molecule has 3 rings (SSSR count). The van der Waals surface area contributed by atoms with Crippen LogP contribution in [0.4, 0.5) is 4.79 Å². The Morgan fingerprint density at radius 1 is 0.926 bits per heavy atom. The van der Waals surface area contributed by atoms with Crippen LogP contribution in [0.25, 0.3) is 0 Å². The first-order chi connectivity index (χ1) is 12.7. The van der Waals surface area contributed by atoms with Crippen LogP contribution < -0.4 is 0 Å². The zero-order chi connectivity index (χ0) is 19.8. The highest BCUT2D eigenvalue weighted by atomic mass is 16.6. The van der Waals surface area contributed by atoms with Gasteiger partial charge in [0.15, 0.2) is 0 Å². The summed E-state index contributed by atoms with van der Waals surface area (Å²) >= 11 is 0. The molecular weight excluding hydrogens is 350 g/mol. The third kappa shape index (κ3) is 3.94. The lowest BCUT2D eigenvalue weighted by atomic mass is 10.1. The van der Waals surface area contributed by atoms with E-state index in [0.717, 1.165) is 4.90 Å². The van der Waals surface area contributed by atoms with E-state index < -0.39 is 23.5 Å². The molecule has 0 aromatic heterocycles. The van der Waals surface area contributed by atoms with E-state index in [-0.39, 0.29) is 12.5 Å². The van der Waals surface area contributed by atoms with Gasteiger partial charge in [0.1, 0.15) is 12.1 Å². The van der Waals surface area contributed by atoms with Crippen molar-refractivity contribution in [1.82, 2.24) is 14.7 Å². The van der Waals surface area contributed by atoms with Crippen LogP contribution in [0.2, 0.25) is 0 Å². The number of carbonyl (C=O) groups is 4. The molecule has 0 atom stereocenters. The Morgan fingerprint density at radius 3 is 1.89 bits per heavy atom. The third-order valence-corrected chi connectivity index (χ3v) is 4.46. The van der Waals surface area contributed by atoms with E-state index in [9.17, 15) is 19.2 Å². The zero-order valence-corrected chi connectivity index (χ0v) is 15.7. The van der Waals surface area contributed by atoms with Crippen molar-refractivity contribution in [3.05, 3.63) is 35.4 Å². The van der Waals surface area contributed by atoms with Gasteiger partial charge in [0.05, 0.1) is 11.1 Å². The summed E-state index contributed by atoms with van der Waals surface area (Å²) in [7, 11) is 0. The summed E-state index contributed by atoms with van der Waals surface area (Å²) in [5.74, 6) is -1.21. The van der Waals surface area contributed by atoms with Gasteiger partial charge in [-0.3, -0.25) is 19.3 Å². The quantitative estimate of drug-likeness (QED) is 0.731. The number of nitrogens with zero attached hydrogens (tertiary/aromatic N) is 3. The smallest absolute Gasteiger partial charge is 0.410 e. The fourth-order valence-electron chi connectivity index (χ4n) is 3.08. The number of hydrogen-bond donors (Lipinski definition) is 0. The number of rotatable bonds is 2. The fraction of sp³-hybridized carbons (Fsp3) is 0.474. The molecule has 2 aliphatic heterocycles. The second-order valence-corrected chi connectivity index (χ2v) is 7.59. The topological polar surface area (TPSA) is 87.2 Å². The molecule has 4 amide bonds. The average Bonchev–Trinajstić information content (AvgIpc) is 2.86. The Labute approximate surface area is 157 Å². The molecule has 1 aromatic carbocycles. The minimum Gasteiger partial charge on any atom is -0.444 e. The molecule has 0 spiro atoms. The molecule has 0 bridgehead atoms. The van der Waals surface area contributed by atoms with Crippen molar-refractivity contribution in [2.45, 2.75) is 26.4 Å². The molecule has 0 N–H and O–H groups in total. The van der Waals surface area contributed by atoms with Crippen molar-refractivity contribution in [2.75, 3.05) is 32.7 Å². The molecule has 144 valence electrons. The van der Waals surface area contributed by atoms with Gasteiger partial charge < -0.3 is 14.5 Å². The summed E-state index contributed by atoms with van der Waals surface area (Å²) < 4.78 is 5.33. The average molecular weight is 373 g/mol. The molecule has 1 aromatic rings. The van der Waals surface area contributed by atoms with Crippen molar-refractivity contribution >= 4 is 23.8 Å². The van der Waals surface area contributed by atoms with Crippen molar-refractivity contribution in [3.63, 3.8) is 0 Å². The van der Waals surface area contributed by atoms with Crippen LogP contribution in [-0.4, -0.2) is 76.8 Å². The minimum absolute atomic E-state index is 0.293. The maximum absolute atomic E-state index is 12.5. The molecule has 8 heteroatoms. The van der Waals surface area contributed by atoms with Gasteiger partial charge in [-0.15, -0.1) is 0 Å². The van der Waals surface area contributed by atoms with Crippen LogP contribution in [0.1, 0.15) is 41.5 Å². The monoisotopic (exact) mass is 373 g/mol.